The number of rotatable bonds is 3. The molecule has 96 valence electrons. The second-order valence-corrected chi connectivity index (χ2v) is 3.09. The SMILES string of the molecule is N=C(N)N=Nc1cc(O)c(NN=C(N)N)cc1O. The summed E-state index contributed by atoms with van der Waals surface area (Å²) in [7, 11) is 0. The summed E-state index contributed by atoms with van der Waals surface area (Å²) in [6, 6.07) is 2.24. The number of nitrogens with zero attached hydrogens (tertiary/aromatic N) is 3. The number of benzene rings is 1. The summed E-state index contributed by atoms with van der Waals surface area (Å²) in [5, 5.41) is 36.1. The molecule has 0 spiro atoms. The predicted molar refractivity (Wildman–Crippen MR) is 65.6 cm³/mol. The van der Waals surface area contributed by atoms with Crippen molar-refractivity contribution in [1.29, 1.82) is 5.41 Å². The van der Waals surface area contributed by atoms with Crippen LogP contribution < -0.4 is 22.6 Å². The second kappa shape index (κ2) is 5.34. The van der Waals surface area contributed by atoms with Crippen LogP contribution in [0.4, 0.5) is 11.4 Å². The Labute approximate surface area is 101 Å². The first-order valence-electron chi connectivity index (χ1n) is 4.56. The van der Waals surface area contributed by atoms with Crippen LogP contribution in [0.5, 0.6) is 11.5 Å². The van der Waals surface area contributed by atoms with Gasteiger partial charge in [0.25, 0.3) is 0 Å². The van der Waals surface area contributed by atoms with Crippen LogP contribution in [0.1, 0.15) is 0 Å². The number of hydrogen-bond acceptors (Lipinski definition) is 6. The first-order valence-corrected chi connectivity index (χ1v) is 4.56. The Balaban J connectivity index is 3.04. The van der Waals surface area contributed by atoms with E-state index in [9.17, 15) is 10.2 Å². The molecule has 10 heteroatoms. The maximum atomic E-state index is 9.58. The van der Waals surface area contributed by atoms with Gasteiger partial charge in [0.05, 0.1) is 0 Å². The van der Waals surface area contributed by atoms with Crippen molar-refractivity contribution in [2.24, 2.45) is 32.5 Å². The minimum atomic E-state index is -0.531. The lowest BCUT2D eigenvalue weighted by atomic mass is 10.2. The molecule has 0 bridgehead atoms. The van der Waals surface area contributed by atoms with Crippen LogP contribution >= 0.6 is 0 Å². The lowest BCUT2D eigenvalue weighted by Crippen LogP contribution is -2.23. The van der Waals surface area contributed by atoms with E-state index in [1.54, 1.807) is 0 Å². The topological polar surface area (TPSA) is 191 Å². The maximum Gasteiger partial charge on any atom is 0.232 e. The largest absolute Gasteiger partial charge is 0.506 e. The van der Waals surface area contributed by atoms with Gasteiger partial charge in [-0.1, -0.05) is 0 Å². The molecule has 1 aromatic rings. The zero-order chi connectivity index (χ0) is 13.7. The van der Waals surface area contributed by atoms with Gasteiger partial charge in [-0.05, 0) is 0 Å². The van der Waals surface area contributed by atoms with E-state index < -0.39 is 5.96 Å². The molecule has 1 rings (SSSR count). The van der Waals surface area contributed by atoms with Crippen LogP contribution in [0.25, 0.3) is 0 Å². The van der Waals surface area contributed by atoms with Crippen molar-refractivity contribution in [3.63, 3.8) is 0 Å². The molecule has 0 aliphatic heterocycles. The number of phenolic OH excluding ortho intramolecular Hbond substituents is 2. The molecule has 10 nitrogen and oxygen atoms in total. The van der Waals surface area contributed by atoms with E-state index >= 15 is 0 Å². The Hall–Kier alpha value is -3.04. The van der Waals surface area contributed by atoms with Crippen molar-refractivity contribution in [2.45, 2.75) is 0 Å². The molecule has 18 heavy (non-hydrogen) atoms. The van der Waals surface area contributed by atoms with Gasteiger partial charge in [0.15, 0.2) is 0 Å². The zero-order valence-electron chi connectivity index (χ0n) is 9.12. The monoisotopic (exact) mass is 252 g/mol. The van der Waals surface area contributed by atoms with E-state index in [0.717, 1.165) is 12.1 Å². The number of phenols is 2. The van der Waals surface area contributed by atoms with Crippen LogP contribution in [0.3, 0.4) is 0 Å². The fourth-order valence-electron chi connectivity index (χ4n) is 0.968. The fourth-order valence-corrected chi connectivity index (χ4v) is 0.968. The second-order valence-electron chi connectivity index (χ2n) is 3.09. The smallest absolute Gasteiger partial charge is 0.232 e. The van der Waals surface area contributed by atoms with Crippen molar-refractivity contribution in [3.8, 4) is 11.5 Å². The quantitative estimate of drug-likeness (QED) is 0.0961. The first kappa shape index (κ1) is 13.0. The molecule has 0 unspecified atom stereocenters. The van der Waals surface area contributed by atoms with Gasteiger partial charge < -0.3 is 27.4 Å². The van der Waals surface area contributed by atoms with Crippen LogP contribution in [-0.2, 0) is 0 Å². The normalized spacial score (nSPS) is 10.2. The molecule has 0 aliphatic rings. The van der Waals surface area contributed by atoms with E-state index in [1.807, 2.05) is 0 Å². The molecule has 0 saturated carbocycles. The molecule has 0 amide bonds. The number of hydrazone groups is 1. The third-order valence-corrected chi connectivity index (χ3v) is 1.66. The van der Waals surface area contributed by atoms with E-state index in [0.29, 0.717) is 0 Å². The molecule has 0 fully saturated rings. The number of aromatic hydroxyl groups is 2. The number of nitrogens with one attached hydrogen (secondary N) is 2. The minimum absolute atomic E-state index is 0.0575. The van der Waals surface area contributed by atoms with E-state index in [-0.39, 0.29) is 28.8 Å². The van der Waals surface area contributed by atoms with Gasteiger partial charge in [-0.15, -0.1) is 15.3 Å². The van der Waals surface area contributed by atoms with Crippen molar-refractivity contribution in [2.75, 3.05) is 5.43 Å². The van der Waals surface area contributed by atoms with Gasteiger partial charge in [0.2, 0.25) is 11.9 Å². The third-order valence-electron chi connectivity index (χ3n) is 1.66. The molecule has 1 aromatic carbocycles. The lowest BCUT2D eigenvalue weighted by molar-refractivity contribution is 0.463. The van der Waals surface area contributed by atoms with Crippen molar-refractivity contribution < 1.29 is 10.2 Å². The predicted octanol–water partition coefficient (Wildman–Crippen LogP) is -0.325. The minimum Gasteiger partial charge on any atom is -0.506 e. The molecule has 0 aliphatic carbocycles. The highest BCUT2D eigenvalue weighted by Crippen LogP contribution is 2.36. The van der Waals surface area contributed by atoms with Gasteiger partial charge in [-0.3, -0.25) is 10.8 Å². The Kier molecular flexibility index (Phi) is 3.86. The zero-order valence-corrected chi connectivity index (χ0v) is 9.12. The van der Waals surface area contributed by atoms with Crippen molar-refractivity contribution in [1.82, 2.24) is 0 Å². The average molecular weight is 252 g/mol. The molecule has 0 heterocycles. The van der Waals surface area contributed by atoms with Gasteiger partial charge in [0.1, 0.15) is 22.9 Å². The summed E-state index contributed by atoms with van der Waals surface area (Å²) in [4.78, 5) is 0. The third kappa shape index (κ3) is 3.52. The highest BCUT2D eigenvalue weighted by molar-refractivity contribution is 5.78. The summed E-state index contributed by atoms with van der Waals surface area (Å²) in [5.74, 6) is -1.34. The molecular formula is C8H12N8O2. The van der Waals surface area contributed by atoms with Crippen molar-refractivity contribution in [3.05, 3.63) is 12.1 Å². The van der Waals surface area contributed by atoms with Crippen LogP contribution in [-0.4, -0.2) is 22.1 Å². The van der Waals surface area contributed by atoms with Crippen LogP contribution in [0.15, 0.2) is 27.5 Å². The first-order chi connectivity index (χ1) is 8.40. The number of nitrogens with two attached hydrogens (primary N) is 3. The molecular weight excluding hydrogens is 240 g/mol. The summed E-state index contributed by atoms with van der Waals surface area (Å²) < 4.78 is 0. The summed E-state index contributed by atoms with van der Waals surface area (Å²) in [6.07, 6.45) is 0. The van der Waals surface area contributed by atoms with Gasteiger partial charge >= 0.3 is 0 Å². The molecule has 10 N–H and O–H groups in total. The Morgan fingerprint density at radius 2 is 1.83 bits per heavy atom. The highest BCUT2D eigenvalue weighted by atomic mass is 16.3. The lowest BCUT2D eigenvalue weighted by Gasteiger charge is -2.06. The van der Waals surface area contributed by atoms with E-state index in [4.69, 9.17) is 22.6 Å². The molecule has 0 radical (unpaired) electrons. The summed E-state index contributed by atoms with van der Waals surface area (Å²) in [6.45, 7) is 0. The Bertz CT molecular complexity index is 520. The summed E-state index contributed by atoms with van der Waals surface area (Å²) >= 11 is 0. The number of anilines is 1. The fraction of sp³-hybridized carbons (Fsp3) is 0. The van der Waals surface area contributed by atoms with Gasteiger partial charge in [-0.2, -0.15) is 0 Å². The number of hydrogen-bond donors (Lipinski definition) is 7. The standard InChI is InChI=1S/C8H12N8O2/c9-7(10)15-13-3-1-5(17)4(2-6(3)18)14-16-8(11)12/h1-2,13,17-18H,(H3,11,12)(H4,9,10,15). The van der Waals surface area contributed by atoms with E-state index in [1.165, 1.54) is 0 Å². The summed E-state index contributed by atoms with van der Waals surface area (Å²) in [5.41, 5.74) is 17.5. The number of azo groups is 1. The van der Waals surface area contributed by atoms with Crippen LogP contribution in [0, 0.1) is 5.41 Å². The molecule has 0 aromatic heterocycles. The maximum absolute atomic E-state index is 9.58. The highest BCUT2D eigenvalue weighted by Gasteiger charge is 2.08. The van der Waals surface area contributed by atoms with Crippen molar-refractivity contribution >= 4 is 23.3 Å². The number of guanidine groups is 2. The van der Waals surface area contributed by atoms with Crippen LogP contribution in [0.2, 0.25) is 0 Å². The van der Waals surface area contributed by atoms with Gasteiger partial charge in [-0.25, -0.2) is 0 Å². The average Bonchev–Trinajstić information content (AvgIpc) is 2.27. The Morgan fingerprint density at radius 1 is 1.17 bits per heavy atom. The van der Waals surface area contributed by atoms with E-state index in [2.05, 4.69) is 20.8 Å². The molecule has 0 atom stereocenters. The Morgan fingerprint density at radius 3 is 2.39 bits per heavy atom. The molecule has 0 saturated heterocycles. The van der Waals surface area contributed by atoms with Gasteiger partial charge in [0, 0.05) is 12.1 Å².